The molecule has 0 saturated carbocycles. The van der Waals surface area contributed by atoms with Crippen LogP contribution in [0, 0.1) is 11.8 Å². The van der Waals surface area contributed by atoms with Crippen molar-refractivity contribution in [2.45, 2.75) is 71.1 Å². The molecule has 0 bridgehead atoms. The molecule has 0 aromatic carbocycles. The van der Waals surface area contributed by atoms with Gasteiger partial charge in [0.1, 0.15) is 18.1 Å². The lowest BCUT2D eigenvalue weighted by molar-refractivity contribution is -0.143. The monoisotopic (exact) mass is 446 g/mol. The standard InChI is InChI=1S/C19H34N4O8/c1-9(2)7-12(17(28)23-13(8-24)19(30)31)22-16(27)11(5-6-14(25)26)21-18(29)15(20)10(3)4/h9-13,15,24H,5-8,20H2,1-4H3,(H,21,29)(H,22,27)(H,23,28)(H,25,26)(H,30,31). The van der Waals surface area contributed by atoms with Crippen LogP contribution in [0.4, 0.5) is 0 Å². The van der Waals surface area contributed by atoms with Crippen LogP contribution in [0.25, 0.3) is 0 Å². The number of hydrogen-bond donors (Lipinski definition) is 7. The Bertz CT molecular complexity index is 653. The molecular weight excluding hydrogens is 412 g/mol. The number of aliphatic hydroxyl groups excluding tert-OH is 1. The third kappa shape index (κ3) is 10.7. The molecule has 0 spiro atoms. The topological polar surface area (TPSA) is 208 Å². The molecule has 8 N–H and O–H groups in total. The van der Waals surface area contributed by atoms with E-state index in [9.17, 15) is 24.0 Å². The highest BCUT2D eigenvalue weighted by Gasteiger charge is 2.31. The van der Waals surface area contributed by atoms with Crippen molar-refractivity contribution in [3.05, 3.63) is 0 Å². The van der Waals surface area contributed by atoms with E-state index in [4.69, 9.17) is 21.1 Å². The molecule has 12 nitrogen and oxygen atoms in total. The molecular formula is C19H34N4O8. The van der Waals surface area contributed by atoms with Gasteiger partial charge in [0.05, 0.1) is 12.6 Å². The SMILES string of the molecule is CC(C)CC(NC(=O)C(CCC(=O)O)NC(=O)C(N)C(C)C)C(=O)NC(CO)C(=O)O. The first-order valence-electron chi connectivity index (χ1n) is 10.0. The molecule has 0 aliphatic heterocycles. The van der Waals surface area contributed by atoms with E-state index in [1.807, 2.05) is 0 Å². The van der Waals surface area contributed by atoms with Crippen molar-refractivity contribution in [3.8, 4) is 0 Å². The fraction of sp³-hybridized carbons (Fsp3) is 0.737. The third-order valence-electron chi connectivity index (χ3n) is 4.44. The number of hydrogen-bond acceptors (Lipinski definition) is 7. The number of carbonyl (C=O) groups is 5. The summed E-state index contributed by atoms with van der Waals surface area (Å²) in [5, 5.41) is 34.0. The van der Waals surface area contributed by atoms with Crippen LogP contribution in [0.2, 0.25) is 0 Å². The summed E-state index contributed by atoms with van der Waals surface area (Å²) in [4.78, 5) is 59.5. The Kier molecular flexibility index (Phi) is 12.4. The summed E-state index contributed by atoms with van der Waals surface area (Å²) < 4.78 is 0. The van der Waals surface area contributed by atoms with E-state index >= 15 is 0 Å². The van der Waals surface area contributed by atoms with Gasteiger partial charge in [0.25, 0.3) is 0 Å². The van der Waals surface area contributed by atoms with Crippen molar-refractivity contribution in [2.75, 3.05) is 6.61 Å². The minimum absolute atomic E-state index is 0.0742. The lowest BCUT2D eigenvalue weighted by Crippen LogP contribution is -2.58. The first-order chi connectivity index (χ1) is 14.3. The quantitative estimate of drug-likeness (QED) is 0.164. The summed E-state index contributed by atoms with van der Waals surface area (Å²) in [5.74, 6) is -5.20. The van der Waals surface area contributed by atoms with E-state index in [0.29, 0.717) is 0 Å². The van der Waals surface area contributed by atoms with Gasteiger partial charge in [-0.2, -0.15) is 0 Å². The van der Waals surface area contributed by atoms with E-state index in [1.165, 1.54) is 0 Å². The number of rotatable bonds is 14. The van der Waals surface area contributed by atoms with Crippen molar-refractivity contribution in [2.24, 2.45) is 17.6 Å². The zero-order valence-electron chi connectivity index (χ0n) is 18.3. The zero-order chi connectivity index (χ0) is 24.3. The second-order valence-electron chi connectivity index (χ2n) is 8.04. The van der Waals surface area contributed by atoms with Crippen LogP contribution in [0.5, 0.6) is 0 Å². The minimum Gasteiger partial charge on any atom is -0.481 e. The van der Waals surface area contributed by atoms with E-state index < -0.39 is 66.9 Å². The smallest absolute Gasteiger partial charge is 0.328 e. The summed E-state index contributed by atoms with van der Waals surface area (Å²) in [7, 11) is 0. The van der Waals surface area contributed by atoms with E-state index in [0.717, 1.165) is 0 Å². The first kappa shape index (κ1) is 28.3. The van der Waals surface area contributed by atoms with Crippen molar-refractivity contribution < 1.29 is 39.3 Å². The fourth-order valence-corrected chi connectivity index (χ4v) is 2.54. The Morgan fingerprint density at radius 3 is 1.71 bits per heavy atom. The van der Waals surface area contributed by atoms with Gasteiger partial charge in [0.15, 0.2) is 0 Å². The van der Waals surface area contributed by atoms with Crippen molar-refractivity contribution in [1.29, 1.82) is 0 Å². The summed E-state index contributed by atoms with van der Waals surface area (Å²) in [6.07, 6.45) is -0.509. The third-order valence-corrected chi connectivity index (χ3v) is 4.44. The number of nitrogens with two attached hydrogens (primary N) is 1. The molecule has 0 aromatic rings. The number of aliphatic hydroxyl groups is 1. The van der Waals surface area contributed by atoms with Gasteiger partial charge in [-0.15, -0.1) is 0 Å². The van der Waals surface area contributed by atoms with E-state index in [2.05, 4.69) is 16.0 Å². The molecule has 3 amide bonds. The lowest BCUT2D eigenvalue weighted by atomic mass is 10.0. The van der Waals surface area contributed by atoms with Crippen LogP contribution in [0.3, 0.4) is 0 Å². The Balaban J connectivity index is 5.48. The van der Waals surface area contributed by atoms with Crippen LogP contribution in [0.15, 0.2) is 0 Å². The van der Waals surface area contributed by atoms with Gasteiger partial charge in [-0.1, -0.05) is 27.7 Å². The van der Waals surface area contributed by atoms with Gasteiger partial charge in [-0.25, -0.2) is 4.79 Å². The zero-order valence-corrected chi connectivity index (χ0v) is 18.3. The fourth-order valence-electron chi connectivity index (χ4n) is 2.54. The molecule has 4 unspecified atom stereocenters. The van der Waals surface area contributed by atoms with Crippen LogP contribution in [0.1, 0.15) is 47.0 Å². The Hall–Kier alpha value is -2.73. The Morgan fingerprint density at radius 1 is 0.806 bits per heavy atom. The number of amides is 3. The second kappa shape index (κ2) is 13.5. The van der Waals surface area contributed by atoms with Crippen molar-refractivity contribution in [1.82, 2.24) is 16.0 Å². The van der Waals surface area contributed by atoms with Gasteiger partial charge in [0, 0.05) is 6.42 Å². The van der Waals surface area contributed by atoms with Gasteiger partial charge in [-0.05, 0) is 24.7 Å². The highest BCUT2D eigenvalue weighted by molar-refractivity contribution is 5.94. The number of carboxylic acid groups (broad SMARTS) is 2. The van der Waals surface area contributed by atoms with Gasteiger partial charge in [-0.3, -0.25) is 19.2 Å². The molecule has 4 atom stereocenters. The maximum Gasteiger partial charge on any atom is 0.328 e. The van der Waals surface area contributed by atoms with Gasteiger partial charge >= 0.3 is 11.9 Å². The summed E-state index contributed by atoms with van der Waals surface area (Å²) in [5.41, 5.74) is 5.77. The molecule has 31 heavy (non-hydrogen) atoms. The van der Waals surface area contributed by atoms with Gasteiger partial charge in [0.2, 0.25) is 17.7 Å². The molecule has 0 aliphatic rings. The molecule has 0 heterocycles. The van der Waals surface area contributed by atoms with Crippen LogP contribution >= 0.6 is 0 Å². The van der Waals surface area contributed by atoms with Crippen LogP contribution in [-0.2, 0) is 24.0 Å². The highest BCUT2D eigenvalue weighted by Crippen LogP contribution is 2.08. The Morgan fingerprint density at radius 2 is 1.29 bits per heavy atom. The number of aliphatic carboxylic acids is 2. The van der Waals surface area contributed by atoms with Crippen LogP contribution in [-0.4, -0.2) is 75.8 Å². The molecule has 12 heteroatoms. The van der Waals surface area contributed by atoms with Crippen molar-refractivity contribution in [3.63, 3.8) is 0 Å². The Labute approximate surface area is 180 Å². The predicted octanol–water partition coefficient (Wildman–Crippen LogP) is -1.59. The number of carbonyl (C=O) groups excluding carboxylic acids is 3. The average molecular weight is 447 g/mol. The molecule has 0 saturated heterocycles. The highest BCUT2D eigenvalue weighted by atomic mass is 16.4. The lowest BCUT2D eigenvalue weighted by Gasteiger charge is -2.26. The first-order valence-corrected chi connectivity index (χ1v) is 10.0. The number of carboxylic acids is 2. The summed E-state index contributed by atoms with van der Waals surface area (Å²) in [6, 6.07) is -4.89. The maximum absolute atomic E-state index is 12.8. The minimum atomic E-state index is -1.55. The maximum atomic E-state index is 12.8. The average Bonchev–Trinajstić information content (AvgIpc) is 2.66. The molecule has 0 rings (SSSR count). The van der Waals surface area contributed by atoms with Gasteiger partial charge < -0.3 is 37.0 Å². The summed E-state index contributed by atoms with van der Waals surface area (Å²) in [6.45, 7) is 6.13. The second-order valence-corrected chi connectivity index (χ2v) is 8.04. The molecule has 178 valence electrons. The van der Waals surface area contributed by atoms with Crippen molar-refractivity contribution >= 4 is 29.7 Å². The number of nitrogens with one attached hydrogen (secondary N) is 3. The van der Waals surface area contributed by atoms with E-state index in [-0.39, 0.29) is 24.7 Å². The molecule has 0 fully saturated rings. The molecule has 0 aliphatic carbocycles. The molecule has 0 radical (unpaired) electrons. The summed E-state index contributed by atoms with van der Waals surface area (Å²) >= 11 is 0. The normalized spacial score (nSPS) is 15.0. The van der Waals surface area contributed by atoms with E-state index in [1.54, 1.807) is 27.7 Å². The predicted molar refractivity (Wildman–Crippen MR) is 110 cm³/mol. The van der Waals surface area contributed by atoms with Crippen LogP contribution < -0.4 is 21.7 Å². The largest absolute Gasteiger partial charge is 0.481 e. The molecule has 0 aromatic heterocycles.